The Morgan fingerprint density at radius 1 is 0.463 bits per heavy atom. The molecule has 198 valence electrons. The Balaban J connectivity index is 1.50. The molecule has 0 amide bonds. The van der Waals surface area contributed by atoms with E-state index in [4.69, 9.17) is 8.83 Å². The lowest BCUT2D eigenvalue weighted by atomic mass is 9.86. The van der Waals surface area contributed by atoms with Crippen LogP contribution in [-0.2, 0) is 5.41 Å². The Labute approximate surface area is 238 Å². The van der Waals surface area contributed by atoms with Gasteiger partial charge in [-0.2, -0.15) is 0 Å². The van der Waals surface area contributed by atoms with Gasteiger partial charge in [-0.25, -0.2) is 0 Å². The van der Waals surface area contributed by atoms with Gasteiger partial charge in [0.1, 0.15) is 16.7 Å². The number of para-hydroxylation sites is 4. The zero-order valence-corrected chi connectivity index (χ0v) is 23.3. The number of hydrogen-bond acceptors (Lipinski definition) is 3. The van der Waals surface area contributed by atoms with Crippen molar-refractivity contribution in [3.05, 3.63) is 127 Å². The van der Waals surface area contributed by atoms with Gasteiger partial charge in [0.25, 0.3) is 0 Å². The molecule has 0 bridgehead atoms. The van der Waals surface area contributed by atoms with E-state index in [1.54, 1.807) is 0 Å². The minimum atomic E-state index is -0.0454. The lowest BCUT2D eigenvalue weighted by Gasteiger charge is -2.27. The minimum Gasteiger partial charge on any atom is -0.455 e. The molecule has 8 aromatic rings. The fourth-order valence-electron chi connectivity index (χ4n) is 6.27. The van der Waals surface area contributed by atoms with Crippen molar-refractivity contribution >= 4 is 71.7 Å². The third-order valence-electron chi connectivity index (χ3n) is 8.17. The van der Waals surface area contributed by atoms with E-state index in [1.807, 2.05) is 12.1 Å². The third-order valence-corrected chi connectivity index (χ3v) is 8.17. The molecule has 0 atom stereocenters. The van der Waals surface area contributed by atoms with E-state index in [-0.39, 0.29) is 5.41 Å². The third kappa shape index (κ3) is 3.59. The van der Waals surface area contributed by atoms with E-state index >= 15 is 0 Å². The standard InChI is InChI=1S/C38H29NO2/c1-38(2,3)31-20-11-18-28-29-19-12-21-32(37(29)41-36(28)31)39(24-13-5-4-6-14-24)33-23-30-26-16-9-10-22-34(26)40-35(30)27-17-8-7-15-25(27)33/h4-23H,1-3H3. The molecule has 6 aromatic carbocycles. The zero-order chi connectivity index (χ0) is 27.7. The molecule has 3 nitrogen and oxygen atoms in total. The summed E-state index contributed by atoms with van der Waals surface area (Å²) < 4.78 is 13.3. The largest absolute Gasteiger partial charge is 0.455 e. The highest BCUT2D eigenvalue weighted by molar-refractivity contribution is 6.20. The van der Waals surface area contributed by atoms with Crippen LogP contribution in [0, 0.1) is 0 Å². The van der Waals surface area contributed by atoms with Crippen LogP contribution < -0.4 is 4.90 Å². The van der Waals surface area contributed by atoms with E-state index in [0.29, 0.717) is 0 Å². The van der Waals surface area contributed by atoms with E-state index in [1.165, 1.54) is 5.56 Å². The van der Waals surface area contributed by atoms with Crippen molar-refractivity contribution in [1.29, 1.82) is 0 Å². The Bertz CT molecular complexity index is 2250. The van der Waals surface area contributed by atoms with Crippen LogP contribution in [0.1, 0.15) is 26.3 Å². The number of nitrogens with zero attached hydrogens (tertiary/aromatic N) is 1. The normalized spacial score (nSPS) is 12.3. The van der Waals surface area contributed by atoms with Gasteiger partial charge >= 0.3 is 0 Å². The highest BCUT2D eigenvalue weighted by Crippen LogP contribution is 2.47. The van der Waals surface area contributed by atoms with Gasteiger partial charge in [0.05, 0.1) is 11.4 Å². The number of benzene rings is 6. The van der Waals surface area contributed by atoms with Crippen molar-refractivity contribution in [2.45, 2.75) is 26.2 Å². The maximum absolute atomic E-state index is 6.86. The summed E-state index contributed by atoms with van der Waals surface area (Å²) in [7, 11) is 0. The molecule has 0 aliphatic carbocycles. The summed E-state index contributed by atoms with van der Waals surface area (Å²) in [6, 6.07) is 42.6. The smallest absolute Gasteiger partial charge is 0.159 e. The van der Waals surface area contributed by atoms with E-state index in [0.717, 1.165) is 71.7 Å². The number of fused-ring (bicyclic) bond motifs is 8. The predicted octanol–water partition coefficient (Wildman–Crippen LogP) is 11.4. The summed E-state index contributed by atoms with van der Waals surface area (Å²) in [5.74, 6) is 0. The SMILES string of the molecule is CC(C)(C)c1cccc2c1oc1c(N(c3ccccc3)c3cc4c5ccccc5oc4c4ccccc34)cccc12. The van der Waals surface area contributed by atoms with Crippen molar-refractivity contribution in [2.75, 3.05) is 4.90 Å². The van der Waals surface area contributed by atoms with Gasteiger partial charge in [-0.05, 0) is 35.7 Å². The molecule has 0 aliphatic heterocycles. The van der Waals surface area contributed by atoms with E-state index in [2.05, 4.69) is 135 Å². The predicted molar refractivity (Wildman–Crippen MR) is 172 cm³/mol. The van der Waals surface area contributed by atoms with Crippen LogP contribution in [0.5, 0.6) is 0 Å². The molecule has 0 radical (unpaired) electrons. The van der Waals surface area contributed by atoms with Crippen molar-refractivity contribution in [2.24, 2.45) is 0 Å². The lowest BCUT2D eigenvalue weighted by Crippen LogP contribution is -2.11. The molecular formula is C38H29NO2. The van der Waals surface area contributed by atoms with Gasteiger partial charge in [-0.1, -0.05) is 112 Å². The molecule has 2 heterocycles. The summed E-state index contributed by atoms with van der Waals surface area (Å²) in [5, 5.41) is 6.67. The quantitative estimate of drug-likeness (QED) is 0.227. The Hall–Kier alpha value is -5.02. The topological polar surface area (TPSA) is 29.5 Å². The molecular weight excluding hydrogens is 502 g/mol. The molecule has 8 rings (SSSR count). The first-order valence-corrected chi connectivity index (χ1v) is 14.1. The van der Waals surface area contributed by atoms with Crippen LogP contribution in [0.15, 0.2) is 130 Å². The lowest BCUT2D eigenvalue weighted by molar-refractivity contribution is 0.573. The molecule has 0 spiro atoms. The number of furan rings is 2. The summed E-state index contributed by atoms with van der Waals surface area (Å²) in [5.41, 5.74) is 7.95. The fourth-order valence-corrected chi connectivity index (χ4v) is 6.27. The van der Waals surface area contributed by atoms with Crippen LogP contribution in [0.25, 0.3) is 54.6 Å². The first kappa shape index (κ1) is 23.8. The highest BCUT2D eigenvalue weighted by Gasteiger charge is 2.25. The molecule has 3 heteroatoms. The van der Waals surface area contributed by atoms with Crippen LogP contribution >= 0.6 is 0 Å². The molecule has 0 aliphatic rings. The zero-order valence-electron chi connectivity index (χ0n) is 23.3. The van der Waals surface area contributed by atoms with Gasteiger partial charge in [0.2, 0.25) is 0 Å². The van der Waals surface area contributed by atoms with Crippen LogP contribution in [-0.4, -0.2) is 0 Å². The van der Waals surface area contributed by atoms with Crippen molar-refractivity contribution in [3.8, 4) is 0 Å². The molecule has 2 aromatic heterocycles. The fraction of sp³-hybridized carbons (Fsp3) is 0.105. The van der Waals surface area contributed by atoms with Gasteiger partial charge in [-0.3, -0.25) is 0 Å². The summed E-state index contributed by atoms with van der Waals surface area (Å²) in [6.45, 7) is 6.72. The van der Waals surface area contributed by atoms with Gasteiger partial charge in [-0.15, -0.1) is 0 Å². The van der Waals surface area contributed by atoms with Gasteiger partial charge in [0.15, 0.2) is 5.58 Å². The van der Waals surface area contributed by atoms with Crippen LogP contribution in [0.4, 0.5) is 17.1 Å². The maximum Gasteiger partial charge on any atom is 0.159 e. The van der Waals surface area contributed by atoms with E-state index < -0.39 is 0 Å². The average molecular weight is 532 g/mol. The maximum atomic E-state index is 6.86. The van der Waals surface area contributed by atoms with Crippen LogP contribution in [0.3, 0.4) is 0 Å². The van der Waals surface area contributed by atoms with Crippen molar-refractivity contribution in [1.82, 2.24) is 0 Å². The summed E-state index contributed by atoms with van der Waals surface area (Å²) >= 11 is 0. The molecule has 0 unspecified atom stereocenters. The summed E-state index contributed by atoms with van der Waals surface area (Å²) in [6.07, 6.45) is 0. The second-order valence-electron chi connectivity index (χ2n) is 11.8. The summed E-state index contributed by atoms with van der Waals surface area (Å²) in [4.78, 5) is 2.34. The van der Waals surface area contributed by atoms with Crippen molar-refractivity contribution in [3.63, 3.8) is 0 Å². The minimum absolute atomic E-state index is 0.0454. The Morgan fingerprint density at radius 3 is 1.85 bits per heavy atom. The molecule has 0 N–H and O–H groups in total. The van der Waals surface area contributed by atoms with Crippen LogP contribution in [0.2, 0.25) is 0 Å². The number of hydrogen-bond donors (Lipinski definition) is 0. The Kier molecular flexibility index (Phi) is 5.08. The first-order valence-electron chi connectivity index (χ1n) is 14.1. The first-order chi connectivity index (χ1) is 20.0. The molecule has 0 saturated carbocycles. The second-order valence-corrected chi connectivity index (χ2v) is 11.8. The number of rotatable bonds is 3. The highest BCUT2D eigenvalue weighted by atomic mass is 16.3. The monoisotopic (exact) mass is 531 g/mol. The average Bonchev–Trinajstić information content (AvgIpc) is 3.57. The van der Waals surface area contributed by atoms with E-state index in [9.17, 15) is 0 Å². The molecule has 0 fully saturated rings. The molecule has 41 heavy (non-hydrogen) atoms. The Morgan fingerprint density at radius 2 is 1.07 bits per heavy atom. The number of anilines is 3. The van der Waals surface area contributed by atoms with Gasteiger partial charge in [0, 0.05) is 43.6 Å². The second kappa shape index (κ2) is 8.74. The van der Waals surface area contributed by atoms with Crippen molar-refractivity contribution < 1.29 is 8.83 Å². The van der Waals surface area contributed by atoms with Gasteiger partial charge < -0.3 is 13.7 Å². The molecule has 0 saturated heterocycles.